The Kier molecular flexibility index (Phi) is 9.32. The summed E-state index contributed by atoms with van der Waals surface area (Å²) in [6.07, 6.45) is 3.47. The highest BCUT2D eigenvalue weighted by molar-refractivity contribution is 5.85. The lowest BCUT2D eigenvalue weighted by Gasteiger charge is -2.15. The second-order valence-electron chi connectivity index (χ2n) is 5.78. The first-order valence-electron chi connectivity index (χ1n) is 8.45. The average molecular weight is 396 g/mol. The number of carbonyl (C=O) groups is 2. The van der Waals surface area contributed by atoms with E-state index in [9.17, 15) is 9.59 Å². The van der Waals surface area contributed by atoms with Gasteiger partial charge in [0.05, 0.1) is 6.20 Å². The van der Waals surface area contributed by atoms with E-state index in [1.54, 1.807) is 43.3 Å². The van der Waals surface area contributed by atoms with E-state index in [2.05, 4.69) is 21.0 Å². The highest BCUT2D eigenvalue weighted by Crippen LogP contribution is 2.15. The first-order chi connectivity index (χ1) is 12.5. The number of likely N-dealkylation sites (N-methyl/N-ethyl adjacent to an activating group) is 2. The van der Waals surface area contributed by atoms with Gasteiger partial charge < -0.3 is 20.7 Å². The average Bonchev–Trinajstić information content (AvgIpc) is 3.05. The van der Waals surface area contributed by atoms with Crippen LogP contribution < -0.4 is 20.7 Å². The Hall–Kier alpha value is -2.58. The summed E-state index contributed by atoms with van der Waals surface area (Å²) in [7, 11) is 3.54. The third-order valence-electron chi connectivity index (χ3n) is 3.72. The predicted octanol–water partition coefficient (Wildman–Crippen LogP) is 0.934. The second-order valence-corrected chi connectivity index (χ2v) is 5.78. The van der Waals surface area contributed by atoms with Crippen LogP contribution in [-0.2, 0) is 23.2 Å². The smallest absolute Gasteiger partial charge is 0.257 e. The lowest BCUT2D eigenvalue weighted by molar-refractivity contribution is -0.123. The normalized spacial score (nSPS) is 11.2. The molecule has 0 spiro atoms. The summed E-state index contributed by atoms with van der Waals surface area (Å²) in [5.74, 6) is 0.272. The van der Waals surface area contributed by atoms with Crippen LogP contribution in [-0.4, -0.2) is 41.8 Å². The molecule has 2 aromatic rings. The molecule has 0 aliphatic rings. The molecule has 0 aliphatic heterocycles. The van der Waals surface area contributed by atoms with Crippen LogP contribution in [0.5, 0.6) is 5.75 Å². The molecule has 0 bridgehead atoms. The highest BCUT2D eigenvalue weighted by Gasteiger charge is 2.19. The molecule has 0 saturated carbocycles. The van der Waals surface area contributed by atoms with E-state index in [0.717, 1.165) is 11.1 Å². The number of halogens is 1. The summed E-state index contributed by atoms with van der Waals surface area (Å²) in [5.41, 5.74) is 1.68. The molecule has 27 heavy (non-hydrogen) atoms. The number of hydrogen-bond donors (Lipinski definition) is 3. The molecule has 3 N–H and O–H groups in total. The fraction of sp³-hybridized carbons (Fsp3) is 0.389. The Bertz CT molecular complexity index is 750. The summed E-state index contributed by atoms with van der Waals surface area (Å²) in [5, 5.41) is 12.7. The number of nitrogens with zero attached hydrogens (tertiary/aromatic N) is 2. The first-order valence-corrected chi connectivity index (χ1v) is 8.45. The van der Waals surface area contributed by atoms with Gasteiger partial charge in [-0.15, -0.1) is 12.4 Å². The fourth-order valence-electron chi connectivity index (χ4n) is 2.47. The van der Waals surface area contributed by atoms with Crippen molar-refractivity contribution in [2.45, 2.75) is 19.5 Å². The Morgan fingerprint density at radius 3 is 2.70 bits per heavy atom. The molecule has 2 amide bonds. The highest BCUT2D eigenvalue weighted by atomic mass is 35.5. The molecular weight excluding hydrogens is 370 g/mol. The summed E-state index contributed by atoms with van der Waals surface area (Å²) >= 11 is 0. The molecule has 9 heteroatoms. The number of rotatable bonds is 9. The van der Waals surface area contributed by atoms with Gasteiger partial charge in [0.25, 0.3) is 5.91 Å². The minimum atomic E-state index is -0.471. The number of nitrogens with one attached hydrogen (secondary N) is 3. The molecule has 1 aromatic carbocycles. The molecule has 0 fully saturated rings. The molecule has 1 unspecified atom stereocenters. The standard InChI is InChI=1S/C18H25N5O3.ClH/c1-4-20-16(24)12-26-15-7-5-6-13(8-15)9-21-18(25)17(19-2)14-10-22-23(3)11-14;/h5-8,10-11,17,19H,4,9,12H2,1-3H3,(H,20,24)(H,21,25);1H. The number of amides is 2. The number of ether oxygens (including phenoxy) is 1. The van der Waals surface area contributed by atoms with Crippen molar-refractivity contribution in [3.05, 3.63) is 47.8 Å². The van der Waals surface area contributed by atoms with Crippen molar-refractivity contribution in [2.24, 2.45) is 7.05 Å². The van der Waals surface area contributed by atoms with Crippen molar-refractivity contribution in [3.63, 3.8) is 0 Å². The molecule has 1 atom stereocenters. The molecule has 0 saturated heterocycles. The van der Waals surface area contributed by atoms with Crippen molar-refractivity contribution in [1.29, 1.82) is 0 Å². The second kappa shape index (κ2) is 11.2. The SMILES string of the molecule is CCNC(=O)COc1cccc(CNC(=O)C(NC)c2cnn(C)c2)c1.Cl. The van der Waals surface area contributed by atoms with Crippen molar-refractivity contribution in [1.82, 2.24) is 25.7 Å². The molecule has 8 nitrogen and oxygen atoms in total. The van der Waals surface area contributed by atoms with Gasteiger partial charge in [0.15, 0.2) is 6.61 Å². The summed E-state index contributed by atoms with van der Waals surface area (Å²) in [6, 6.07) is 6.82. The molecule has 1 heterocycles. The zero-order chi connectivity index (χ0) is 18.9. The number of benzene rings is 1. The van der Waals surface area contributed by atoms with E-state index in [-0.39, 0.29) is 30.8 Å². The minimum absolute atomic E-state index is 0. The van der Waals surface area contributed by atoms with Gasteiger partial charge in [-0.05, 0) is 31.7 Å². The van der Waals surface area contributed by atoms with Gasteiger partial charge in [0, 0.05) is 31.9 Å². The minimum Gasteiger partial charge on any atom is -0.484 e. The van der Waals surface area contributed by atoms with Gasteiger partial charge in [0.2, 0.25) is 5.91 Å². The largest absolute Gasteiger partial charge is 0.484 e. The van der Waals surface area contributed by atoms with Crippen LogP contribution in [0, 0.1) is 0 Å². The van der Waals surface area contributed by atoms with E-state index in [1.807, 2.05) is 19.1 Å². The first kappa shape index (κ1) is 22.5. The Morgan fingerprint density at radius 1 is 1.30 bits per heavy atom. The van der Waals surface area contributed by atoms with E-state index < -0.39 is 6.04 Å². The number of aryl methyl sites for hydroxylation is 1. The zero-order valence-corrected chi connectivity index (χ0v) is 16.5. The van der Waals surface area contributed by atoms with E-state index in [4.69, 9.17) is 4.74 Å². The van der Waals surface area contributed by atoms with Crippen molar-refractivity contribution >= 4 is 24.2 Å². The van der Waals surface area contributed by atoms with Crippen molar-refractivity contribution in [2.75, 3.05) is 20.2 Å². The monoisotopic (exact) mass is 395 g/mol. The molecule has 1 aromatic heterocycles. The van der Waals surface area contributed by atoms with Gasteiger partial charge in [-0.1, -0.05) is 12.1 Å². The van der Waals surface area contributed by atoms with Crippen molar-refractivity contribution in [3.8, 4) is 5.75 Å². The maximum absolute atomic E-state index is 12.4. The number of hydrogen-bond acceptors (Lipinski definition) is 5. The van der Waals surface area contributed by atoms with Crippen LogP contribution in [0.25, 0.3) is 0 Å². The topological polar surface area (TPSA) is 97.3 Å². The van der Waals surface area contributed by atoms with Gasteiger partial charge in [-0.25, -0.2) is 0 Å². The molecule has 0 radical (unpaired) electrons. The van der Waals surface area contributed by atoms with E-state index in [0.29, 0.717) is 18.8 Å². The Morgan fingerprint density at radius 2 is 2.07 bits per heavy atom. The quantitative estimate of drug-likeness (QED) is 0.587. The van der Waals surface area contributed by atoms with Crippen LogP contribution in [0.2, 0.25) is 0 Å². The number of aromatic nitrogens is 2. The summed E-state index contributed by atoms with van der Waals surface area (Å²) in [4.78, 5) is 23.9. The maximum Gasteiger partial charge on any atom is 0.257 e. The molecule has 2 rings (SSSR count). The van der Waals surface area contributed by atoms with Crippen LogP contribution in [0.1, 0.15) is 24.1 Å². The lowest BCUT2D eigenvalue weighted by Crippen LogP contribution is -2.35. The lowest BCUT2D eigenvalue weighted by atomic mass is 10.1. The Balaban J connectivity index is 0.00000364. The third kappa shape index (κ3) is 6.92. The Labute approximate surface area is 165 Å². The fourth-order valence-corrected chi connectivity index (χ4v) is 2.47. The van der Waals surface area contributed by atoms with Gasteiger partial charge >= 0.3 is 0 Å². The van der Waals surface area contributed by atoms with E-state index >= 15 is 0 Å². The van der Waals surface area contributed by atoms with Crippen LogP contribution in [0.3, 0.4) is 0 Å². The summed E-state index contributed by atoms with van der Waals surface area (Å²) < 4.78 is 7.12. The van der Waals surface area contributed by atoms with Gasteiger partial charge in [-0.2, -0.15) is 5.10 Å². The maximum atomic E-state index is 12.4. The third-order valence-corrected chi connectivity index (χ3v) is 3.72. The molecule has 0 aliphatic carbocycles. The molecular formula is C18H26ClN5O3. The van der Waals surface area contributed by atoms with Crippen molar-refractivity contribution < 1.29 is 14.3 Å². The van der Waals surface area contributed by atoms with Crippen LogP contribution in [0.15, 0.2) is 36.7 Å². The van der Waals surface area contributed by atoms with E-state index in [1.165, 1.54) is 0 Å². The summed E-state index contributed by atoms with van der Waals surface area (Å²) in [6.45, 7) is 2.74. The van der Waals surface area contributed by atoms with Gasteiger partial charge in [0.1, 0.15) is 11.8 Å². The van der Waals surface area contributed by atoms with Crippen LogP contribution in [0.4, 0.5) is 0 Å². The predicted molar refractivity (Wildman–Crippen MR) is 105 cm³/mol. The number of carbonyl (C=O) groups excluding carboxylic acids is 2. The van der Waals surface area contributed by atoms with Crippen LogP contribution >= 0.6 is 12.4 Å². The zero-order valence-electron chi connectivity index (χ0n) is 15.7. The van der Waals surface area contributed by atoms with Gasteiger partial charge in [-0.3, -0.25) is 14.3 Å². The molecule has 148 valence electrons.